The molecule has 1 amide bonds. The second-order valence-electron chi connectivity index (χ2n) is 6.67. The van der Waals surface area contributed by atoms with Gasteiger partial charge in [-0.1, -0.05) is 16.8 Å². The average Bonchev–Trinajstić information content (AvgIpc) is 3.15. The minimum atomic E-state index is 0. The Bertz CT molecular complexity index is 717. The van der Waals surface area contributed by atoms with Crippen molar-refractivity contribution >= 4 is 29.9 Å². The summed E-state index contributed by atoms with van der Waals surface area (Å²) in [5.41, 5.74) is 0.858. The molecule has 7 nitrogen and oxygen atoms in total. The quantitative estimate of drug-likeness (QED) is 0.598. The summed E-state index contributed by atoms with van der Waals surface area (Å²) < 4.78 is 5.26. The Morgan fingerprint density at radius 3 is 2.71 bits per heavy atom. The van der Waals surface area contributed by atoms with E-state index >= 15 is 0 Å². The highest BCUT2D eigenvalue weighted by atomic mass is 35.5. The number of benzene rings is 1. The monoisotopic (exact) mass is 427 g/mol. The van der Waals surface area contributed by atoms with Crippen LogP contribution in [0.4, 0.5) is 0 Å². The summed E-state index contributed by atoms with van der Waals surface area (Å²) in [4.78, 5) is 18.7. The van der Waals surface area contributed by atoms with Crippen LogP contribution in [0.2, 0.25) is 5.02 Å². The summed E-state index contributed by atoms with van der Waals surface area (Å²) in [6, 6.07) is 7.29. The second kappa shape index (κ2) is 12.0. The van der Waals surface area contributed by atoms with E-state index in [4.69, 9.17) is 16.1 Å². The number of aryl methyl sites for hydroxylation is 1. The number of hydrogen-bond acceptors (Lipinski definition) is 6. The van der Waals surface area contributed by atoms with E-state index in [0.717, 1.165) is 51.3 Å². The van der Waals surface area contributed by atoms with E-state index in [9.17, 15) is 4.79 Å². The molecule has 0 atom stereocenters. The largest absolute Gasteiger partial charge is 0.356 e. The lowest BCUT2D eigenvalue weighted by Crippen LogP contribution is -2.44. The molecule has 28 heavy (non-hydrogen) atoms. The molecule has 154 valence electrons. The highest BCUT2D eigenvalue weighted by Crippen LogP contribution is 2.19. The number of rotatable bonds is 9. The van der Waals surface area contributed by atoms with Crippen LogP contribution in [0.15, 0.2) is 28.8 Å². The smallest absolute Gasteiger partial charge is 0.226 e. The molecule has 1 aliphatic heterocycles. The van der Waals surface area contributed by atoms with Crippen molar-refractivity contribution in [3.05, 3.63) is 35.2 Å². The molecule has 3 rings (SSSR count). The van der Waals surface area contributed by atoms with E-state index in [0.29, 0.717) is 36.0 Å². The fraction of sp³-hybridized carbons (Fsp3) is 0.526. The van der Waals surface area contributed by atoms with Gasteiger partial charge in [-0.3, -0.25) is 4.79 Å². The lowest BCUT2D eigenvalue weighted by molar-refractivity contribution is -0.121. The molecular weight excluding hydrogens is 401 g/mol. The van der Waals surface area contributed by atoms with Crippen molar-refractivity contribution < 1.29 is 9.32 Å². The molecule has 0 unspecified atom stereocenters. The number of nitrogens with zero attached hydrogens (tertiary/aromatic N) is 3. The Labute approximate surface area is 176 Å². The topological polar surface area (TPSA) is 83.3 Å². The average molecular weight is 428 g/mol. The predicted molar refractivity (Wildman–Crippen MR) is 112 cm³/mol. The number of halogens is 2. The number of carbonyl (C=O) groups is 1. The normalized spacial score (nSPS) is 14.5. The van der Waals surface area contributed by atoms with Crippen LogP contribution in [0.3, 0.4) is 0 Å². The van der Waals surface area contributed by atoms with Crippen LogP contribution in [0.25, 0.3) is 11.4 Å². The van der Waals surface area contributed by atoms with E-state index in [2.05, 4.69) is 25.7 Å². The van der Waals surface area contributed by atoms with Crippen molar-refractivity contribution in [2.45, 2.75) is 25.7 Å². The van der Waals surface area contributed by atoms with Gasteiger partial charge < -0.3 is 20.1 Å². The zero-order valence-electron chi connectivity index (χ0n) is 15.8. The molecule has 0 aliphatic carbocycles. The highest BCUT2D eigenvalue weighted by molar-refractivity contribution is 6.30. The van der Waals surface area contributed by atoms with Crippen molar-refractivity contribution in [3.8, 4) is 11.4 Å². The van der Waals surface area contributed by atoms with Crippen LogP contribution < -0.4 is 10.6 Å². The maximum absolute atomic E-state index is 11.9. The van der Waals surface area contributed by atoms with Gasteiger partial charge in [-0.25, -0.2) is 0 Å². The summed E-state index contributed by atoms with van der Waals surface area (Å²) in [6.45, 7) is 6.07. The highest BCUT2D eigenvalue weighted by Gasteiger charge is 2.11. The molecule has 0 spiro atoms. The minimum Gasteiger partial charge on any atom is -0.356 e. The molecule has 1 aromatic heterocycles. The summed E-state index contributed by atoms with van der Waals surface area (Å²) in [5.74, 6) is 1.17. The Morgan fingerprint density at radius 1 is 1.21 bits per heavy atom. The number of hydrogen-bond donors (Lipinski definition) is 2. The van der Waals surface area contributed by atoms with Gasteiger partial charge in [-0.05, 0) is 43.7 Å². The van der Waals surface area contributed by atoms with Crippen LogP contribution in [0.5, 0.6) is 0 Å². The molecule has 2 aromatic rings. The van der Waals surface area contributed by atoms with E-state index < -0.39 is 0 Å². The van der Waals surface area contributed by atoms with Gasteiger partial charge in [-0.2, -0.15) is 4.98 Å². The molecule has 1 saturated heterocycles. The maximum Gasteiger partial charge on any atom is 0.226 e. The first-order valence-corrected chi connectivity index (χ1v) is 9.87. The summed E-state index contributed by atoms with van der Waals surface area (Å²) >= 11 is 5.88. The Hall–Kier alpha value is -1.67. The summed E-state index contributed by atoms with van der Waals surface area (Å²) in [7, 11) is 0. The van der Waals surface area contributed by atoms with Crippen LogP contribution >= 0.6 is 24.0 Å². The van der Waals surface area contributed by atoms with Crippen LogP contribution in [0, 0.1) is 0 Å². The molecule has 1 aliphatic rings. The summed E-state index contributed by atoms with van der Waals surface area (Å²) in [6.07, 6.45) is 2.73. The molecule has 0 bridgehead atoms. The fourth-order valence-corrected chi connectivity index (χ4v) is 3.15. The molecule has 1 aromatic carbocycles. The number of amides is 1. The third-order valence-electron chi connectivity index (χ3n) is 4.55. The first-order valence-electron chi connectivity index (χ1n) is 9.49. The lowest BCUT2D eigenvalue weighted by atomic mass is 10.2. The van der Waals surface area contributed by atoms with E-state index in [1.54, 1.807) is 12.1 Å². The molecule has 0 radical (unpaired) electrons. The molecule has 2 heterocycles. The van der Waals surface area contributed by atoms with Gasteiger partial charge in [0.05, 0.1) is 0 Å². The molecule has 9 heteroatoms. The molecule has 0 saturated carbocycles. The van der Waals surface area contributed by atoms with Gasteiger partial charge in [-0.15, -0.1) is 12.4 Å². The van der Waals surface area contributed by atoms with Gasteiger partial charge in [0.2, 0.25) is 17.6 Å². The van der Waals surface area contributed by atoms with E-state index in [1.807, 2.05) is 12.1 Å². The first kappa shape index (κ1) is 22.6. The zero-order valence-corrected chi connectivity index (χ0v) is 17.4. The third kappa shape index (κ3) is 7.39. The van der Waals surface area contributed by atoms with Crippen molar-refractivity contribution in [1.29, 1.82) is 0 Å². The van der Waals surface area contributed by atoms with Crippen molar-refractivity contribution in [2.24, 2.45) is 0 Å². The number of nitrogens with one attached hydrogen (secondary N) is 2. The maximum atomic E-state index is 11.9. The number of piperazine rings is 1. The van der Waals surface area contributed by atoms with Crippen molar-refractivity contribution in [3.63, 3.8) is 0 Å². The Balaban J connectivity index is 0.00000280. The number of aromatic nitrogens is 2. The van der Waals surface area contributed by atoms with Gasteiger partial charge in [0.25, 0.3) is 0 Å². The van der Waals surface area contributed by atoms with Crippen molar-refractivity contribution in [2.75, 3.05) is 39.3 Å². The molecule has 2 N–H and O–H groups in total. The predicted octanol–water partition coefficient (Wildman–Crippen LogP) is 2.55. The standard InChI is InChI=1S/C19H26ClN5O2.ClH/c20-16-7-5-15(6-8-16)19-23-18(27-24-19)4-1-3-17(26)22-9-2-12-25-13-10-21-11-14-25;/h5-8,21H,1-4,9-14H2,(H,22,26);1H. The third-order valence-corrected chi connectivity index (χ3v) is 4.80. The second-order valence-corrected chi connectivity index (χ2v) is 7.10. The van der Waals surface area contributed by atoms with Gasteiger partial charge in [0.1, 0.15) is 0 Å². The molecular formula is C19H27Cl2N5O2. The Morgan fingerprint density at radius 2 is 1.96 bits per heavy atom. The Kier molecular flexibility index (Phi) is 9.70. The van der Waals surface area contributed by atoms with Crippen molar-refractivity contribution in [1.82, 2.24) is 25.7 Å². The fourth-order valence-electron chi connectivity index (χ4n) is 3.03. The van der Waals surface area contributed by atoms with Gasteiger partial charge >= 0.3 is 0 Å². The molecule has 1 fully saturated rings. The van der Waals surface area contributed by atoms with Gasteiger partial charge in [0.15, 0.2) is 0 Å². The van der Waals surface area contributed by atoms with Crippen LogP contribution in [-0.2, 0) is 11.2 Å². The summed E-state index contributed by atoms with van der Waals surface area (Å²) in [5, 5.41) is 11.0. The lowest BCUT2D eigenvalue weighted by Gasteiger charge is -2.27. The van der Waals surface area contributed by atoms with E-state index in [-0.39, 0.29) is 18.3 Å². The van der Waals surface area contributed by atoms with E-state index in [1.165, 1.54) is 0 Å². The minimum absolute atomic E-state index is 0. The first-order chi connectivity index (χ1) is 13.2. The van der Waals surface area contributed by atoms with Crippen LogP contribution in [0.1, 0.15) is 25.2 Å². The van der Waals surface area contributed by atoms with Gasteiger partial charge in [0, 0.05) is 56.2 Å². The van der Waals surface area contributed by atoms with Crippen LogP contribution in [-0.4, -0.2) is 60.2 Å². The zero-order chi connectivity index (χ0) is 18.9. The number of carbonyl (C=O) groups excluding carboxylic acids is 1. The SMILES string of the molecule is Cl.O=C(CCCc1nc(-c2ccc(Cl)cc2)no1)NCCCN1CCNCC1.